The zero-order valence-corrected chi connectivity index (χ0v) is 20.3. The number of carboxylic acids is 2. The van der Waals surface area contributed by atoms with E-state index in [-0.39, 0.29) is 22.6 Å². The zero-order chi connectivity index (χ0) is 27.7. The summed E-state index contributed by atoms with van der Waals surface area (Å²) in [7, 11) is 1.45. The van der Waals surface area contributed by atoms with E-state index < -0.39 is 40.4 Å². The molecule has 2 heterocycles. The summed E-state index contributed by atoms with van der Waals surface area (Å²) in [5.41, 5.74) is -0.518. The number of hydrogen-bond donors (Lipinski definition) is 6. The van der Waals surface area contributed by atoms with Crippen molar-refractivity contribution in [2.24, 2.45) is 0 Å². The molecule has 1 aromatic heterocycles. The molecule has 1 aliphatic heterocycles. The van der Waals surface area contributed by atoms with E-state index in [1.54, 1.807) is 4.57 Å². The number of fused-ring (bicyclic) bond motifs is 1. The van der Waals surface area contributed by atoms with Crippen molar-refractivity contribution < 1.29 is 44.2 Å². The molecular weight excluding hydrogens is 505 g/mol. The molecule has 1 saturated heterocycles. The first-order chi connectivity index (χ1) is 18.0. The second kappa shape index (κ2) is 10.5. The Bertz CT molecular complexity index is 1450. The number of methoxy groups -OCH3 is 1. The minimum absolute atomic E-state index is 0.0463. The molecule has 0 bridgehead atoms. The van der Waals surface area contributed by atoms with Gasteiger partial charge in [0, 0.05) is 38.4 Å². The number of phenolic OH excluding ortho intramolecular Hbond substituents is 3. The minimum atomic E-state index is -1.31. The molecule has 0 radical (unpaired) electrons. The molecular formula is C25H26FN3O9. The van der Waals surface area contributed by atoms with Crippen LogP contribution in [-0.2, 0) is 0 Å². The van der Waals surface area contributed by atoms with Crippen LogP contribution in [0.5, 0.6) is 23.0 Å². The normalized spacial score (nSPS) is 15.1. The fraction of sp³-hybridized carbons (Fsp3) is 0.320. The number of nitrogens with one attached hydrogen (secondary N) is 1. The first kappa shape index (κ1) is 26.5. The van der Waals surface area contributed by atoms with Crippen LogP contribution in [-0.4, -0.2) is 75.3 Å². The Morgan fingerprint density at radius 2 is 1.63 bits per heavy atom. The van der Waals surface area contributed by atoms with Gasteiger partial charge in [-0.25, -0.2) is 14.0 Å². The molecule has 0 amide bonds. The summed E-state index contributed by atoms with van der Waals surface area (Å²) in [6, 6.07) is 2.95. The summed E-state index contributed by atoms with van der Waals surface area (Å²) in [6.07, 6.45) is 3.15. The highest BCUT2D eigenvalue weighted by atomic mass is 19.1. The van der Waals surface area contributed by atoms with Gasteiger partial charge >= 0.3 is 11.9 Å². The van der Waals surface area contributed by atoms with Gasteiger partial charge in [-0.1, -0.05) is 0 Å². The van der Waals surface area contributed by atoms with Gasteiger partial charge in [0.25, 0.3) is 0 Å². The van der Waals surface area contributed by atoms with E-state index in [1.165, 1.54) is 13.3 Å². The summed E-state index contributed by atoms with van der Waals surface area (Å²) in [6.45, 7) is 2.71. The van der Waals surface area contributed by atoms with E-state index in [2.05, 4.69) is 5.32 Å². The lowest BCUT2D eigenvalue weighted by Gasteiger charge is -2.31. The van der Waals surface area contributed by atoms with Crippen LogP contribution in [0.4, 0.5) is 10.1 Å². The summed E-state index contributed by atoms with van der Waals surface area (Å²) in [5, 5.41) is 47.6. The van der Waals surface area contributed by atoms with E-state index in [1.807, 2.05) is 4.90 Å². The van der Waals surface area contributed by atoms with E-state index in [0.717, 1.165) is 44.1 Å². The van der Waals surface area contributed by atoms with Gasteiger partial charge in [0.15, 0.2) is 28.8 Å². The van der Waals surface area contributed by atoms with Crippen molar-refractivity contribution in [3.05, 3.63) is 51.6 Å². The average molecular weight is 531 g/mol. The zero-order valence-electron chi connectivity index (χ0n) is 20.3. The Hall–Kier alpha value is -4.52. The number of benzene rings is 2. The number of piperazine rings is 1. The van der Waals surface area contributed by atoms with Crippen LogP contribution >= 0.6 is 0 Å². The summed E-state index contributed by atoms with van der Waals surface area (Å²) in [4.78, 5) is 36.3. The first-order valence-electron chi connectivity index (χ1n) is 11.7. The molecule has 202 valence electrons. The predicted molar refractivity (Wildman–Crippen MR) is 133 cm³/mol. The number of nitrogens with zero attached hydrogens (tertiary/aromatic N) is 2. The summed E-state index contributed by atoms with van der Waals surface area (Å²) in [5.74, 6) is -4.92. The fourth-order valence-corrected chi connectivity index (χ4v) is 4.34. The number of ether oxygens (including phenoxy) is 1. The van der Waals surface area contributed by atoms with Gasteiger partial charge in [-0.15, -0.1) is 0 Å². The summed E-state index contributed by atoms with van der Waals surface area (Å²) < 4.78 is 22.3. The number of carbonyl (C=O) groups is 2. The number of phenols is 3. The highest BCUT2D eigenvalue weighted by molar-refractivity contribution is 5.97. The molecule has 38 heavy (non-hydrogen) atoms. The molecule has 2 aliphatic rings. The van der Waals surface area contributed by atoms with Crippen LogP contribution in [0.3, 0.4) is 0 Å². The molecule has 1 aliphatic carbocycles. The van der Waals surface area contributed by atoms with Gasteiger partial charge in [0.05, 0.1) is 23.6 Å². The molecule has 1 saturated carbocycles. The number of aromatic carboxylic acids is 2. The van der Waals surface area contributed by atoms with Gasteiger partial charge < -0.3 is 45.1 Å². The molecule has 2 aromatic carbocycles. The molecule has 6 N–H and O–H groups in total. The molecule has 5 rings (SSSR count). The van der Waals surface area contributed by atoms with Gasteiger partial charge in [-0.3, -0.25) is 4.79 Å². The van der Waals surface area contributed by atoms with E-state index >= 15 is 0 Å². The second-order valence-electron chi connectivity index (χ2n) is 8.86. The largest absolute Gasteiger partial charge is 0.504 e. The van der Waals surface area contributed by atoms with Gasteiger partial charge in [-0.2, -0.15) is 0 Å². The lowest BCUT2D eigenvalue weighted by atomic mass is 10.1. The molecule has 0 unspecified atom stereocenters. The standard InChI is InChI=1S/C18H20FN3O4.C7H6O5/c1-26-17-14-11(8-13(19)15(17)21-6-4-20-5-7-21)16(23)12(18(24)25)9-22(14)10-2-3-10;8-4-1-3(7(11)12)2-5(9)6(4)10/h8-10,20H,2-7H2,1H3,(H,24,25);1-2,8-10H,(H,11,12). The Morgan fingerprint density at radius 3 is 2.13 bits per heavy atom. The van der Waals surface area contributed by atoms with E-state index in [9.17, 15) is 23.9 Å². The van der Waals surface area contributed by atoms with Crippen molar-refractivity contribution in [1.82, 2.24) is 9.88 Å². The van der Waals surface area contributed by atoms with Crippen molar-refractivity contribution in [1.29, 1.82) is 0 Å². The third kappa shape index (κ3) is 5.00. The van der Waals surface area contributed by atoms with Crippen LogP contribution in [0.25, 0.3) is 10.9 Å². The molecule has 13 heteroatoms. The Kier molecular flexibility index (Phi) is 7.30. The van der Waals surface area contributed by atoms with Crippen molar-refractivity contribution in [2.75, 3.05) is 38.2 Å². The first-order valence-corrected chi connectivity index (χ1v) is 11.7. The number of aromatic nitrogens is 1. The third-order valence-electron chi connectivity index (χ3n) is 6.32. The van der Waals surface area contributed by atoms with Crippen molar-refractivity contribution in [2.45, 2.75) is 18.9 Å². The second-order valence-corrected chi connectivity index (χ2v) is 8.86. The number of rotatable bonds is 5. The maximum Gasteiger partial charge on any atom is 0.341 e. The molecule has 2 fully saturated rings. The van der Waals surface area contributed by atoms with Crippen LogP contribution in [0, 0.1) is 5.82 Å². The van der Waals surface area contributed by atoms with Crippen LogP contribution in [0.1, 0.15) is 39.6 Å². The van der Waals surface area contributed by atoms with Crippen molar-refractivity contribution in [3.8, 4) is 23.0 Å². The molecule has 0 atom stereocenters. The Morgan fingerprint density at radius 1 is 1.03 bits per heavy atom. The lowest BCUT2D eigenvalue weighted by Crippen LogP contribution is -2.44. The number of aromatic hydroxyl groups is 3. The van der Waals surface area contributed by atoms with Crippen molar-refractivity contribution >= 4 is 28.5 Å². The average Bonchev–Trinajstić information content (AvgIpc) is 3.73. The predicted octanol–water partition coefficient (Wildman–Crippen LogP) is 2.09. The van der Waals surface area contributed by atoms with E-state index in [4.69, 9.17) is 25.2 Å². The molecule has 12 nitrogen and oxygen atoms in total. The highest BCUT2D eigenvalue weighted by Gasteiger charge is 2.31. The topological polar surface area (TPSA) is 182 Å². The minimum Gasteiger partial charge on any atom is -0.504 e. The van der Waals surface area contributed by atoms with Gasteiger partial charge in [0.2, 0.25) is 5.43 Å². The SMILES string of the molecule is COc1c(N2CCNCC2)c(F)cc2c(=O)c(C(=O)O)cn(C3CC3)c12.O=C(O)c1cc(O)c(O)c(O)c1. The van der Waals surface area contributed by atoms with Crippen LogP contribution in [0.15, 0.2) is 29.2 Å². The number of pyridine rings is 1. The monoisotopic (exact) mass is 531 g/mol. The van der Waals surface area contributed by atoms with Crippen LogP contribution in [0.2, 0.25) is 0 Å². The number of anilines is 1. The fourth-order valence-electron chi connectivity index (χ4n) is 4.34. The number of halogens is 1. The van der Waals surface area contributed by atoms with E-state index in [0.29, 0.717) is 30.0 Å². The maximum absolute atomic E-state index is 15.0. The quantitative estimate of drug-likeness (QED) is 0.265. The van der Waals surface area contributed by atoms with Crippen LogP contribution < -0.4 is 20.4 Å². The lowest BCUT2D eigenvalue weighted by molar-refractivity contribution is 0.0684. The van der Waals surface area contributed by atoms with Gasteiger partial charge in [0.1, 0.15) is 11.3 Å². The highest BCUT2D eigenvalue weighted by Crippen LogP contribution is 2.43. The van der Waals surface area contributed by atoms with Crippen molar-refractivity contribution in [3.63, 3.8) is 0 Å². The van der Waals surface area contributed by atoms with Gasteiger partial charge in [-0.05, 0) is 31.0 Å². The number of hydrogen-bond acceptors (Lipinski definition) is 9. The Balaban J connectivity index is 0.000000236. The summed E-state index contributed by atoms with van der Waals surface area (Å²) >= 11 is 0. The molecule has 3 aromatic rings. The maximum atomic E-state index is 15.0. The smallest absolute Gasteiger partial charge is 0.341 e. The third-order valence-corrected chi connectivity index (χ3v) is 6.32. The molecule has 0 spiro atoms. The Labute approximate surface area is 214 Å². The number of carboxylic acid groups (broad SMARTS) is 2.